The molecule has 0 aromatic heterocycles. The Kier molecular flexibility index (Phi) is 27.6. The minimum atomic E-state index is -2.68. The first-order valence-corrected chi connectivity index (χ1v) is 15.5. The Morgan fingerprint density at radius 2 is 1.00 bits per heavy atom. The van der Waals surface area contributed by atoms with Gasteiger partial charge in [0.1, 0.15) is 0 Å². The molecule has 0 aliphatic rings. The second-order valence-corrected chi connectivity index (χ2v) is 11.8. The third-order valence-corrected chi connectivity index (χ3v) is 9.14. The summed E-state index contributed by atoms with van der Waals surface area (Å²) in [6, 6.07) is 0.618. The largest absolute Gasteiger partial charge is 0.595 e. The van der Waals surface area contributed by atoms with Gasteiger partial charge < -0.3 is 18.2 Å². The molecule has 202 valence electrons. The minimum Gasteiger partial charge on any atom is -0.364 e. The fraction of sp³-hybridized carbons (Fsp3) is 1.00. The van der Waals surface area contributed by atoms with Gasteiger partial charge in [-0.25, -0.2) is 0 Å². The highest BCUT2D eigenvalue weighted by atomic mass is 79.9. The third kappa shape index (κ3) is 18.4. The number of halogens is 1. The quantitative estimate of drug-likeness (QED) is 0.0933. The van der Waals surface area contributed by atoms with E-state index in [9.17, 15) is 0 Å². The molecule has 0 saturated heterocycles. The fourth-order valence-corrected chi connectivity index (χ4v) is 6.07. The van der Waals surface area contributed by atoms with Crippen LogP contribution in [-0.4, -0.2) is 60.9 Å². The van der Waals surface area contributed by atoms with Gasteiger partial charge in [0.05, 0.1) is 0 Å². The number of nitrogens with one attached hydrogen (secondary N) is 1. The monoisotopic (exact) mass is 554 g/mol. The van der Waals surface area contributed by atoms with Crippen molar-refractivity contribution in [3.05, 3.63) is 0 Å². The van der Waals surface area contributed by atoms with Crippen molar-refractivity contribution in [3.63, 3.8) is 0 Å². The second-order valence-electron chi connectivity index (χ2n) is 9.14. The van der Waals surface area contributed by atoms with Crippen LogP contribution >= 0.6 is 17.0 Å². The Labute approximate surface area is 219 Å². The van der Waals surface area contributed by atoms with Crippen molar-refractivity contribution >= 4 is 25.9 Å². The van der Waals surface area contributed by atoms with Crippen molar-refractivity contribution in [1.29, 1.82) is 0 Å². The van der Waals surface area contributed by atoms with Gasteiger partial charge in [-0.3, -0.25) is 4.98 Å². The zero-order valence-electron chi connectivity index (χ0n) is 23.1. The van der Waals surface area contributed by atoms with Crippen molar-refractivity contribution in [2.75, 3.05) is 41.0 Å². The zero-order valence-corrected chi connectivity index (χ0v) is 25.8. The van der Waals surface area contributed by atoms with Gasteiger partial charge in [-0.15, -0.1) is 17.0 Å². The molecule has 1 N–H and O–H groups in total. The van der Waals surface area contributed by atoms with E-state index < -0.39 is 8.97 Å². The summed E-state index contributed by atoms with van der Waals surface area (Å²) in [4.78, 5) is 6.01. The standard InChI is InChI=1S/C26H58N2O3Si.BrH/c1-7-10-11-12-13-14-15-16-17-18-19-20-21-22-23-26(28(8-2)9-3)24-25-27-32(29-4,30-5)31-6;/h26-27H,7-25H2,1-6H3;1H. The molecule has 5 nitrogen and oxygen atoms in total. The summed E-state index contributed by atoms with van der Waals surface area (Å²) in [5, 5.41) is 0. The summed E-state index contributed by atoms with van der Waals surface area (Å²) in [7, 11) is 2.29. The summed E-state index contributed by atoms with van der Waals surface area (Å²) < 4.78 is 16.5. The summed E-state index contributed by atoms with van der Waals surface area (Å²) in [5.74, 6) is 0. The molecule has 0 aromatic carbocycles. The van der Waals surface area contributed by atoms with E-state index in [2.05, 4.69) is 30.7 Å². The van der Waals surface area contributed by atoms with Gasteiger partial charge in [-0.1, -0.05) is 111 Å². The lowest BCUT2D eigenvalue weighted by atomic mass is 10.0. The maximum Gasteiger partial charge on any atom is 0.595 e. The SMILES string of the molecule is Br.CCCCCCCCCCCCCCCCC(CCN[Si](OC)(OC)OC)N(CC)CC. The van der Waals surface area contributed by atoms with E-state index >= 15 is 0 Å². The molecule has 7 heteroatoms. The topological polar surface area (TPSA) is 43.0 Å². The van der Waals surface area contributed by atoms with E-state index in [0.29, 0.717) is 6.04 Å². The molecule has 0 aromatic rings. The van der Waals surface area contributed by atoms with E-state index in [1.807, 2.05) is 0 Å². The highest BCUT2D eigenvalue weighted by Gasteiger charge is 2.38. The van der Waals surface area contributed by atoms with Gasteiger partial charge >= 0.3 is 8.97 Å². The predicted octanol–water partition coefficient (Wildman–Crippen LogP) is 7.50. The molecular weight excluding hydrogens is 496 g/mol. The highest BCUT2D eigenvalue weighted by molar-refractivity contribution is 8.93. The van der Waals surface area contributed by atoms with Gasteiger partial charge in [0.2, 0.25) is 0 Å². The van der Waals surface area contributed by atoms with Crippen molar-refractivity contribution in [1.82, 2.24) is 9.88 Å². The number of nitrogens with zero attached hydrogens (tertiary/aromatic N) is 1. The molecule has 0 rings (SSSR count). The Morgan fingerprint density at radius 3 is 1.36 bits per heavy atom. The third-order valence-electron chi connectivity index (χ3n) is 6.84. The van der Waals surface area contributed by atoms with Crippen molar-refractivity contribution < 1.29 is 13.3 Å². The Bertz CT molecular complexity index is 378. The van der Waals surface area contributed by atoms with Crippen LogP contribution in [0.1, 0.15) is 124 Å². The maximum atomic E-state index is 5.49. The lowest BCUT2D eigenvalue weighted by molar-refractivity contribution is 0.108. The molecule has 0 saturated carbocycles. The first-order chi connectivity index (χ1) is 15.6. The minimum absolute atomic E-state index is 0. The Hall–Kier alpha value is 0.497. The van der Waals surface area contributed by atoms with Crippen LogP contribution in [0.4, 0.5) is 0 Å². The molecule has 0 aliphatic carbocycles. The second kappa shape index (κ2) is 25.6. The molecule has 0 aliphatic heterocycles. The van der Waals surface area contributed by atoms with Crippen LogP contribution in [0.15, 0.2) is 0 Å². The number of rotatable bonds is 25. The highest BCUT2D eigenvalue weighted by Crippen LogP contribution is 2.17. The van der Waals surface area contributed by atoms with Crippen LogP contribution < -0.4 is 4.98 Å². The maximum absolute atomic E-state index is 5.49. The van der Waals surface area contributed by atoms with Gasteiger partial charge in [0.25, 0.3) is 0 Å². The molecule has 1 atom stereocenters. The lowest BCUT2D eigenvalue weighted by Crippen LogP contribution is -2.57. The Balaban J connectivity index is 0. The first-order valence-electron chi connectivity index (χ1n) is 13.8. The lowest BCUT2D eigenvalue weighted by Gasteiger charge is -2.31. The first kappa shape index (κ1) is 35.7. The van der Waals surface area contributed by atoms with Crippen molar-refractivity contribution in [2.24, 2.45) is 0 Å². The summed E-state index contributed by atoms with van der Waals surface area (Å²) >= 11 is 0. The van der Waals surface area contributed by atoms with Crippen LogP contribution in [0, 0.1) is 0 Å². The van der Waals surface area contributed by atoms with Crippen LogP contribution in [0.25, 0.3) is 0 Å². The van der Waals surface area contributed by atoms with Crippen molar-refractivity contribution in [2.45, 2.75) is 130 Å². The van der Waals surface area contributed by atoms with Crippen LogP contribution in [0.3, 0.4) is 0 Å². The van der Waals surface area contributed by atoms with E-state index in [4.69, 9.17) is 13.3 Å². The zero-order chi connectivity index (χ0) is 23.9. The van der Waals surface area contributed by atoms with E-state index in [1.165, 1.54) is 96.3 Å². The predicted molar refractivity (Wildman–Crippen MR) is 151 cm³/mol. The smallest absolute Gasteiger partial charge is 0.364 e. The number of hydrogen-bond donors (Lipinski definition) is 1. The molecule has 0 radical (unpaired) electrons. The average molecular weight is 556 g/mol. The van der Waals surface area contributed by atoms with Gasteiger partial charge in [0, 0.05) is 27.4 Å². The molecule has 0 bridgehead atoms. The molecule has 0 fully saturated rings. The van der Waals surface area contributed by atoms with E-state index in [1.54, 1.807) is 21.3 Å². The molecule has 0 amide bonds. The number of hydrogen-bond acceptors (Lipinski definition) is 5. The van der Waals surface area contributed by atoms with Gasteiger partial charge in [0.15, 0.2) is 0 Å². The van der Waals surface area contributed by atoms with E-state index in [0.717, 1.165) is 26.1 Å². The normalized spacial score (nSPS) is 12.8. The van der Waals surface area contributed by atoms with Gasteiger partial charge in [-0.05, 0) is 32.5 Å². The van der Waals surface area contributed by atoms with Crippen molar-refractivity contribution in [3.8, 4) is 0 Å². The molecular formula is C26H59BrN2O3Si. The molecule has 33 heavy (non-hydrogen) atoms. The molecule has 1 unspecified atom stereocenters. The van der Waals surface area contributed by atoms with Crippen LogP contribution in [-0.2, 0) is 13.3 Å². The summed E-state index contributed by atoms with van der Waals surface area (Å²) in [6.07, 6.45) is 22.2. The Morgan fingerprint density at radius 1 is 0.606 bits per heavy atom. The fourth-order valence-electron chi connectivity index (χ4n) is 4.68. The average Bonchev–Trinajstić information content (AvgIpc) is 2.82. The van der Waals surface area contributed by atoms with Crippen LogP contribution in [0.2, 0.25) is 0 Å². The van der Waals surface area contributed by atoms with Gasteiger partial charge in [-0.2, -0.15) is 0 Å². The summed E-state index contributed by atoms with van der Waals surface area (Å²) in [5.41, 5.74) is 0. The summed E-state index contributed by atoms with van der Waals surface area (Å²) in [6.45, 7) is 9.92. The van der Waals surface area contributed by atoms with Crippen LogP contribution in [0.5, 0.6) is 0 Å². The molecule has 0 heterocycles. The van der Waals surface area contributed by atoms with E-state index in [-0.39, 0.29) is 17.0 Å². The number of unbranched alkanes of at least 4 members (excludes halogenated alkanes) is 13. The molecule has 0 spiro atoms.